The van der Waals surface area contributed by atoms with Crippen LogP contribution in [-0.4, -0.2) is 40.5 Å². The van der Waals surface area contributed by atoms with Crippen LogP contribution in [0.1, 0.15) is 5.56 Å². The first-order valence-electron chi connectivity index (χ1n) is 8.08. The molecule has 0 radical (unpaired) electrons. The average Bonchev–Trinajstić information content (AvgIpc) is 3.08. The molecule has 2 aromatic heterocycles. The number of benzene rings is 1. The molecule has 0 saturated carbocycles. The summed E-state index contributed by atoms with van der Waals surface area (Å²) in [7, 11) is -3.43. The molecule has 0 fully saturated rings. The molecular formula is C18H14F3N3O4S. The van der Waals surface area contributed by atoms with Gasteiger partial charge in [0.1, 0.15) is 4.90 Å². The minimum absolute atomic E-state index is 0.188. The second-order valence-electron chi connectivity index (χ2n) is 6.07. The Labute approximate surface area is 163 Å². The molecule has 0 aliphatic heterocycles. The standard InChI is InChI=1S/C18H14F3N3O4S/c1-23(18(25)26)9-11-8-14(12-4-3-7-22-17(12)21)24(10-11)29(27,28)15-6-2-5-13(19)16(15)20/h2-8,10H,9H2,1H3,(H,25,26). The van der Waals surface area contributed by atoms with Crippen molar-refractivity contribution in [2.24, 2.45) is 0 Å². The van der Waals surface area contributed by atoms with Crippen molar-refractivity contribution in [2.45, 2.75) is 11.4 Å². The fourth-order valence-electron chi connectivity index (χ4n) is 2.69. The van der Waals surface area contributed by atoms with Crippen molar-refractivity contribution in [3.8, 4) is 11.3 Å². The Morgan fingerprint density at radius 1 is 1.21 bits per heavy atom. The Morgan fingerprint density at radius 2 is 1.93 bits per heavy atom. The number of carbonyl (C=O) groups is 1. The van der Waals surface area contributed by atoms with Crippen molar-refractivity contribution in [1.29, 1.82) is 0 Å². The van der Waals surface area contributed by atoms with E-state index in [9.17, 15) is 26.4 Å². The smallest absolute Gasteiger partial charge is 0.407 e. The fourth-order valence-corrected chi connectivity index (χ4v) is 4.16. The zero-order valence-electron chi connectivity index (χ0n) is 14.9. The Kier molecular flexibility index (Phi) is 5.33. The molecule has 7 nitrogen and oxygen atoms in total. The summed E-state index contributed by atoms with van der Waals surface area (Å²) >= 11 is 0. The van der Waals surface area contributed by atoms with E-state index in [1.807, 2.05) is 0 Å². The summed E-state index contributed by atoms with van der Waals surface area (Å²) in [5.41, 5.74) is -0.237. The van der Waals surface area contributed by atoms with Gasteiger partial charge < -0.3 is 10.0 Å². The molecule has 152 valence electrons. The molecule has 0 bridgehead atoms. The maximum atomic E-state index is 14.2. The minimum Gasteiger partial charge on any atom is -0.465 e. The van der Waals surface area contributed by atoms with Gasteiger partial charge in [-0.1, -0.05) is 6.07 Å². The summed E-state index contributed by atoms with van der Waals surface area (Å²) in [5.74, 6) is -3.93. The number of aromatic nitrogens is 2. The number of carboxylic acid groups (broad SMARTS) is 1. The molecular weight excluding hydrogens is 411 g/mol. The third kappa shape index (κ3) is 3.81. The Hall–Kier alpha value is -3.34. The highest BCUT2D eigenvalue weighted by Crippen LogP contribution is 2.30. The van der Waals surface area contributed by atoms with Crippen LogP contribution in [0, 0.1) is 17.6 Å². The number of rotatable bonds is 5. The number of pyridine rings is 1. The van der Waals surface area contributed by atoms with Crippen LogP contribution in [0.5, 0.6) is 0 Å². The Morgan fingerprint density at radius 3 is 2.59 bits per heavy atom. The number of amides is 1. The average molecular weight is 425 g/mol. The van der Waals surface area contributed by atoms with E-state index in [1.54, 1.807) is 0 Å². The molecule has 2 heterocycles. The minimum atomic E-state index is -4.68. The lowest BCUT2D eigenvalue weighted by Gasteiger charge is -2.12. The SMILES string of the molecule is CN(Cc1cc(-c2cccnc2F)n(S(=O)(=O)c2cccc(F)c2F)c1)C(=O)O. The van der Waals surface area contributed by atoms with Gasteiger partial charge in [0.2, 0.25) is 5.95 Å². The topological polar surface area (TPSA) is 92.5 Å². The predicted molar refractivity (Wildman–Crippen MR) is 96.1 cm³/mol. The maximum absolute atomic E-state index is 14.2. The molecule has 3 rings (SSSR count). The van der Waals surface area contributed by atoms with E-state index >= 15 is 0 Å². The summed E-state index contributed by atoms with van der Waals surface area (Å²) in [6.45, 7) is -0.224. The Bertz CT molecular complexity index is 1190. The van der Waals surface area contributed by atoms with E-state index in [4.69, 9.17) is 5.11 Å². The van der Waals surface area contributed by atoms with Gasteiger partial charge in [-0.3, -0.25) is 0 Å². The van der Waals surface area contributed by atoms with Crippen molar-refractivity contribution in [2.75, 3.05) is 7.05 Å². The van der Waals surface area contributed by atoms with Crippen molar-refractivity contribution in [3.05, 3.63) is 71.9 Å². The lowest BCUT2D eigenvalue weighted by atomic mass is 10.2. The van der Waals surface area contributed by atoms with Crippen LogP contribution >= 0.6 is 0 Å². The molecule has 0 atom stereocenters. The summed E-state index contributed by atoms with van der Waals surface area (Å²) in [6, 6.07) is 6.54. The quantitative estimate of drug-likeness (QED) is 0.633. The number of halogens is 3. The lowest BCUT2D eigenvalue weighted by Crippen LogP contribution is -2.23. The van der Waals surface area contributed by atoms with Crippen molar-refractivity contribution in [3.63, 3.8) is 0 Å². The van der Waals surface area contributed by atoms with Gasteiger partial charge in [-0.05, 0) is 35.9 Å². The van der Waals surface area contributed by atoms with Crippen LogP contribution < -0.4 is 0 Å². The third-order valence-electron chi connectivity index (χ3n) is 4.08. The van der Waals surface area contributed by atoms with E-state index in [1.165, 1.54) is 25.2 Å². The van der Waals surface area contributed by atoms with Gasteiger partial charge in [0.05, 0.1) is 17.8 Å². The molecule has 1 aromatic carbocycles. The van der Waals surface area contributed by atoms with Crippen LogP contribution in [0.15, 0.2) is 53.7 Å². The summed E-state index contributed by atoms with van der Waals surface area (Å²) in [6.07, 6.45) is 0.915. The molecule has 0 aliphatic rings. The zero-order chi connectivity index (χ0) is 21.3. The van der Waals surface area contributed by atoms with Crippen LogP contribution in [0.25, 0.3) is 11.3 Å². The molecule has 0 saturated heterocycles. The summed E-state index contributed by atoms with van der Waals surface area (Å²) in [5, 5.41) is 9.02. The van der Waals surface area contributed by atoms with Gasteiger partial charge >= 0.3 is 6.09 Å². The number of hydrogen-bond acceptors (Lipinski definition) is 4. The lowest BCUT2D eigenvalue weighted by molar-refractivity contribution is 0.154. The fraction of sp³-hybridized carbons (Fsp3) is 0.111. The molecule has 0 aliphatic carbocycles. The van der Waals surface area contributed by atoms with E-state index in [0.717, 1.165) is 35.5 Å². The highest BCUT2D eigenvalue weighted by atomic mass is 32.2. The first-order valence-corrected chi connectivity index (χ1v) is 9.52. The molecule has 1 N–H and O–H groups in total. The molecule has 1 amide bonds. The monoisotopic (exact) mass is 425 g/mol. The second kappa shape index (κ2) is 7.59. The first kappa shape index (κ1) is 20.4. The molecule has 3 aromatic rings. The zero-order valence-corrected chi connectivity index (χ0v) is 15.7. The van der Waals surface area contributed by atoms with Crippen molar-refractivity contribution >= 4 is 16.1 Å². The van der Waals surface area contributed by atoms with Gasteiger partial charge in [-0.15, -0.1) is 0 Å². The largest absolute Gasteiger partial charge is 0.465 e. The van der Waals surface area contributed by atoms with Gasteiger partial charge in [0, 0.05) is 19.4 Å². The third-order valence-corrected chi connectivity index (χ3v) is 5.77. The van der Waals surface area contributed by atoms with Crippen molar-refractivity contribution < 1.29 is 31.5 Å². The Balaban J connectivity index is 2.24. The normalized spacial score (nSPS) is 11.4. The van der Waals surface area contributed by atoms with Crippen LogP contribution in [0.3, 0.4) is 0 Å². The van der Waals surface area contributed by atoms with E-state index < -0.39 is 38.6 Å². The van der Waals surface area contributed by atoms with E-state index in [2.05, 4.69) is 4.98 Å². The van der Waals surface area contributed by atoms with Crippen LogP contribution in [0.4, 0.5) is 18.0 Å². The highest BCUT2D eigenvalue weighted by Gasteiger charge is 2.28. The molecule has 0 unspecified atom stereocenters. The van der Waals surface area contributed by atoms with Gasteiger partial charge in [-0.2, -0.15) is 4.39 Å². The molecule has 0 spiro atoms. The van der Waals surface area contributed by atoms with Gasteiger partial charge in [-0.25, -0.2) is 30.9 Å². The van der Waals surface area contributed by atoms with Crippen LogP contribution in [-0.2, 0) is 16.6 Å². The summed E-state index contributed by atoms with van der Waals surface area (Å²) in [4.78, 5) is 14.5. The predicted octanol–water partition coefficient (Wildman–Crippen LogP) is 3.31. The highest BCUT2D eigenvalue weighted by molar-refractivity contribution is 7.90. The van der Waals surface area contributed by atoms with E-state index in [0.29, 0.717) is 3.97 Å². The van der Waals surface area contributed by atoms with Gasteiger partial charge in [0.15, 0.2) is 11.6 Å². The number of hydrogen-bond donors (Lipinski definition) is 1. The first-order chi connectivity index (χ1) is 13.6. The van der Waals surface area contributed by atoms with Crippen LogP contribution in [0.2, 0.25) is 0 Å². The second-order valence-corrected chi connectivity index (χ2v) is 7.85. The van der Waals surface area contributed by atoms with E-state index in [-0.39, 0.29) is 23.4 Å². The summed E-state index contributed by atoms with van der Waals surface area (Å²) < 4.78 is 68.6. The van der Waals surface area contributed by atoms with Gasteiger partial charge in [0.25, 0.3) is 10.0 Å². The number of nitrogens with zero attached hydrogens (tertiary/aromatic N) is 3. The maximum Gasteiger partial charge on any atom is 0.407 e. The molecule has 29 heavy (non-hydrogen) atoms. The molecule has 11 heteroatoms. The van der Waals surface area contributed by atoms with Crippen molar-refractivity contribution in [1.82, 2.24) is 13.9 Å².